The number of rotatable bonds is 6. The number of esters is 1. The molecule has 0 saturated carbocycles. The Morgan fingerprint density at radius 2 is 1.94 bits per heavy atom. The van der Waals surface area contributed by atoms with Gasteiger partial charge in [-0.15, -0.1) is 0 Å². The van der Waals surface area contributed by atoms with E-state index in [0.717, 1.165) is 35.3 Å². The molecule has 2 aromatic heterocycles. The number of sulfone groups is 1. The van der Waals surface area contributed by atoms with Crippen LogP contribution in [0, 0.1) is 12.8 Å². The molecule has 182 valence electrons. The summed E-state index contributed by atoms with van der Waals surface area (Å²) in [5.74, 6) is 1.27. The van der Waals surface area contributed by atoms with Crippen LogP contribution >= 0.6 is 0 Å². The zero-order valence-corrected chi connectivity index (χ0v) is 21.3. The quantitative estimate of drug-likeness (QED) is 0.489. The van der Waals surface area contributed by atoms with Crippen molar-refractivity contribution in [2.45, 2.75) is 65.1 Å². The summed E-state index contributed by atoms with van der Waals surface area (Å²) in [5.41, 5.74) is 3.96. The summed E-state index contributed by atoms with van der Waals surface area (Å²) < 4.78 is 32.3. The summed E-state index contributed by atoms with van der Waals surface area (Å²) in [6.45, 7) is 10.8. The van der Waals surface area contributed by atoms with E-state index in [1.54, 1.807) is 12.1 Å². The molecular formula is C24H31N5O4S. The highest BCUT2D eigenvalue weighted by Gasteiger charge is 2.35. The first-order chi connectivity index (χ1) is 16.0. The van der Waals surface area contributed by atoms with Gasteiger partial charge >= 0.3 is 5.97 Å². The van der Waals surface area contributed by atoms with E-state index >= 15 is 0 Å². The molecule has 3 heterocycles. The van der Waals surface area contributed by atoms with E-state index in [1.165, 1.54) is 6.92 Å². The first kappa shape index (κ1) is 24.1. The number of fused-ring (bicyclic) bond motifs is 3. The van der Waals surface area contributed by atoms with E-state index in [0.29, 0.717) is 30.1 Å². The van der Waals surface area contributed by atoms with Gasteiger partial charge in [-0.1, -0.05) is 20.8 Å². The van der Waals surface area contributed by atoms with E-state index < -0.39 is 15.8 Å². The fourth-order valence-corrected chi connectivity index (χ4v) is 5.57. The number of carbonyl (C=O) groups is 1. The van der Waals surface area contributed by atoms with Gasteiger partial charge in [0, 0.05) is 43.7 Å². The van der Waals surface area contributed by atoms with Crippen molar-refractivity contribution in [3.05, 3.63) is 41.0 Å². The van der Waals surface area contributed by atoms with Crippen molar-refractivity contribution < 1.29 is 17.9 Å². The molecule has 0 amide bonds. The number of aryl methyl sites for hydroxylation is 2. The van der Waals surface area contributed by atoms with Crippen molar-refractivity contribution in [3.8, 4) is 0 Å². The van der Waals surface area contributed by atoms with Gasteiger partial charge < -0.3 is 14.2 Å². The molecule has 34 heavy (non-hydrogen) atoms. The minimum absolute atomic E-state index is 0.0772. The standard InChI is InChI=1S/C24H31N5O4S/c1-7-17-12-25-24(26-15(17)4)29-9-8-28-20-11-21(34(6,31)32)18(13-33-16(5)30)10-19(20)27-23(28)22(29)14(2)3/h10-12,14,22H,7-9,13H2,1-6H3/t22-/m1/s1. The van der Waals surface area contributed by atoms with Gasteiger partial charge in [0.05, 0.1) is 22.0 Å². The molecule has 4 rings (SSSR count). The summed E-state index contributed by atoms with van der Waals surface area (Å²) in [5, 5.41) is 0. The Labute approximate surface area is 200 Å². The minimum atomic E-state index is -3.54. The summed E-state index contributed by atoms with van der Waals surface area (Å²) >= 11 is 0. The predicted molar refractivity (Wildman–Crippen MR) is 129 cm³/mol. The summed E-state index contributed by atoms with van der Waals surface area (Å²) in [6.07, 6.45) is 3.94. The Hall–Kier alpha value is -3.01. The number of hydrogen-bond donors (Lipinski definition) is 0. The number of benzene rings is 1. The van der Waals surface area contributed by atoms with Gasteiger partial charge in [0.2, 0.25) is 5.95 Å². The van der Waals surface area contributed by atoms with Gasteiger partial charge in [-0.2, -0.15) is 0 Å². The highest BCUT2D eigenvalue weighted by molar-refractivity contribution is 7.90. The number of aromatic nitrogens is 4. The monoisotopic (exact) mass is 485 g/mol. The first-order valence-corrected chi connectivity index (χ1v) is 13.4. The largest absolute Gasteiger partial charge is 0.461 e. The Morgan fingerprint density at radius 1 is 1.21 bits per heavy atom. The van der Waals surface area contributed by atoms with E-state index in [9.17, 15) is 13.2 Å². The molecular weight excluding hydrogens is 454 g/mol. The fourth-order valence-electron chi connectivity index (χ4n) is 4.65. The molecule has 0 aliphatic carbocycles. The first-order valence-electron chi connectivity index (χ1n) is 11.5. The van der Waals surface area contributed by atoms with Gasteiger partial charge in [-0.3, -0.25) is 4.79 Å². The zero-order valence-electron chi connectivity index (χ0n) is 20.5. The van der Waals surface area contributed by atoms with Crippen molar-refractivity contribution in [3.63, 3.8) is 0 Å². The van der Waals surface area contributed by atoms with Crippen LogP contribution in [0.1, 0.15) is 56.4 Å². The molecule has 0 saturated heterocycles. The average molecular weight is 486 g/mol. The Balaban J connectivity index is 1.84. The number of hydrogen-bond acceptors (Lipinski definition) is 8. The van der Waals surface area contributed by atoms with Crippen LogP contribution in [0.4, 0.5) is 5.95 Å². The molecule has 0 radical (unpaired) electrons. The smallest absolute Gasteiger partial charge is 0.302 e. The molecule has 10 heteroatoms. The van der Waals surface area contributed by atoms with Gasteiger partial charge in [-0.25, -0.2) is 23.4 Å². The third-order valence-corrected chi connectivity index (χ3v) is 7.47. The number of carbonyl (C=O) groups excluding carboxylic acids is 1. The predicted octanol–water partition coefficient (Wildman–Crippen LogP) is 3.38. The number of imidazole rings is 1. The molecule has 9 nitrogen and oxygen atoms in total. The number of ether oxygens (including phenoxy) is 1. The molecule has 1 aliphatic rings. The zero-order chi connectivity index (χ0) is 24.8. The van der Waals surface area contributed by atoms with E-state index in [2.05, 4.69) is 35.2 Å². The van der Waals surface area contributed by atoms with Crippen molar-refractivity contribution >= 4 is 32.8 Å². The lowest BCUT2D eigenvalue weighted by Gasteiger charge is -2.38. The van der Waals surface area contributed by atoms with Crippen molar-refractivity contribution in [1.29, 1.82) is 0 Å². The van der Waals surface area contributed by atoms with Crippen LogP contribution in [-0.4, -0.2) is 46.7 Å². The molecule has 0 fully saturated rings. The summed E-state index contributed by atoms with van der Waals surface area (Å²) in [7, 11) is -3.54. The second-order valence-corrected chi connectivity index (χ2v) is 11.1. The molecule has 1 aromatic carbocycles. The summed E-state index contributed by atoms with van der Waals surface area (Å²) in [4.78, 5) is 28.0. The molecule has 3 aromatic rings. The molecule has 1 atom stereocenters. The summed E-state index contributed by atoms with van der Waals surface area (Å²) in [6, 6.07) is 3.30. The molecule has 0 unspecified atom stereocenters. The Kier molecular flexibility index (Phi) is 6.37. The number of nitrogens with zero attached hydrogens (tertiary/aromatic N) is 5. The van der Waals surface area contributed by atoms with Crippen LogP contribution in [0.3, 0.4) is 0 Å². The SMILES string of the molecule is CCc1cnc(N2CCn3c(nc4cc(COC(C)=O)c(S(C)(=O)=O)cc43)[C@H]2C(C)C)nc1C. The number of anilines is 1. The van der Waals surface area contributed by atoms with Crippen molar-refractivity contribution in [2.24, 2.45) is 5.92 Å². The van der Waals surface area contributed by atoms with Crippen molar-refractivity contribution in [1.82, 2.24) is 19.5 Å². The fraction of sp³-hybridized carbons (Fsp3) is 0.500. The molecule has 0 N–H and O–H groups in total. The molecule has 1 aliphatic heterocycles. The van der Waals surface area contributed by atoms with Crippen LogP contribution in [0.25, 0.3) is 11.0 Å². The van der Waals surface area contributed by atoms with E-state index in [4.69, 9.17) is 14.7 Å². The second kappa shape index (κ2) is 8.98. The normalized spacial score (nSPS) is 16.2. The highest BCUT2D eigenvalue weighted by Crippen LogP contribution is 2.37. The van der Waals surface area contributed by atoms with Crippen LogP contribution < -0.4 is 4.90 Å². The topological polar surface area (TPSA) is 107 Å². The van der Waals surface area contributed by atoms with Gasteiger partial charge in [0.15, 0.2) is 9.84 Å². The maximum Gasteiger partial charge on any atom is 0.302 e. The van der Waals surface area contributed by atoms with Crippen LogP contribution in [0.15, 0.2) is 23.2 Å². The third-order valence-electron chi connectivity index (χ3n) is 6.29. The second-order valence-electron chi connectivity index (χ2n) is 9.14. The Bertz CT molecular complexity index is 1360. The lowest BCUT2D eigenvalue weighted by atomic mass is 10.00. The van der Waals surface area contributed by atoms with Gasteiger partial charge in [0.25, 0.3) is 0 Å². The van der Waals surface area contributed by atoms with Gasteiger partial charge in [0.1, 0.15) is 12.4 Å². The minimum Gasteiger partial charge on any atom is -0.461 e. The van der Waals surface area contributed by atoms with Crippen LogP contribution in [-0.2, 0) is 38.9 Å². The average Bonchev–Trinajstić information content (AvgIpc) is 3.12. The lowest BCUT2D eigenvalue weighted by molar-refractivity contribution is -0.142. The van der Waals surface area contributed by atoms with Crippen molar-refractivity contribution in [2.75, 3.05) is 17.7 Å². The maximum absolute atomic E-state index is 12.5. The van der Waals surface area contributed by atoms with Gasteiger partial charge in [-0.05, 0) is 37.0 Å². The van der Waals surface area contributed by atoms with E-state index in [1.807, 2.05) is 13.1 Å². The Morgan fingerprint density at radius 3 is 2.53 bits per heavy atom. The third kappa shape index (κ3) is 4.38. The van der Waals surface area contributed by atoms with Crippen LogP contribution in [0.5, 0.6) is 0 Å². The molecule has 0 bridgehead atoms. The highest BCUT2D eigenvalue weighted by atomic mass is 32.2. The maximum atomic E-state index is 12.5. The molecule has 0 spiro atoms. The van der Waals surface area contributed by atoms with Crippen LogP contribution in [0.2, 0.25) is 0 Å². The van der Waals surface area contributed by atoms with E-state index in [-0.39, 0.29) is 23.5 Å². The lowest BCUT2D eigenvalue weighted by Crippen LogP contribution is -2.42.